The smallest absolute Gasteiger partial charge is 0.253 e. The number of halogens is 1. The van der Waals surface area contributed by atoms with Crippen LogP contribution in [0.25, 0.3) is 0 Å². The second-order valence-corrected chi connectivity index (χ2v) is 7.21. The Morgan fingerprint density at radius 1 is 1.00 bits per heavy atom. The predicted octanol–water partition coefficient (Wildman–Crippen LogP) is 4.87. The fraction of sp³-hybridized carbons (Fsp3) is 0.174. The molecule has 1 amide bonds. The van der Waals surface area contributed by atoms with Gasteiger partial charge in [-0.1, -0.05) is 72.3 Å². The topological polar surface area (TPSA) is 32.8 Å². The number of rotatable bonds is 5. The third kappa shape index (κ3) is 3.15. The molecule has 1 heterocycles. The van der Waals surface area contributed by atoms with E-state index in [9.17, 15) is 4.79 Å². The van der Waals surface area contributed by atoms with Gasteiger partial charge in [0.15, 0.2) is 0 Å². The molecule has 1 atom stereocenters. The van der Waals surface area contributed by atoms with E-state index in [4.69, 9.17) is 16.3 Å². The van der Waals surface area contributed by atoms with Crippen LogP contribution in [0, 0.1) is 0 Å². The highest BCUT2D eigenvalue weighted by Gasteiger charge is 2.40. The van der Waals surface area contributed by atoms with E-state index in [-0.39, 0.29) is 11.8 Å². The summed E-state index contributed by atoms with van der Waals surface area (Å²) in [4.78, 5) is 13.4. The lowest BCUT2D eigenvalue weighted by molar-refractivity contribution is -0.121. The maximum atomic E-state index is 13.4. The fourth-order valence-corrected chi connectivity index (χ4v) is 4.11. The molecule has 0 N–H and O–H groups in total. The lowest BCUT2D eigenvalue weighted by atomic mass is 9.93. The minimum Gasteiger partial charge on any atom is -0.495 e. The summed E-state index contributed by atoms with van der Waals surface area (Å²) in [6.07, 6.45) is 0. The van der Waals surface area contributed by atoms with Crippen molar-refractivity contribution in [2.75, 3.05) is 19.2 Å². The van der Waals surface area contributed by atoms with E-state index >= 15 is 0 Å². The normalized spacial score (nSPS) is 15.8. The first-order chi connectivity index (χ1) is 13.6. The molecule has 0 aromatic heterocycles. The van der Waals surface area contributed by atoms with Crippen LogP contribution in [0.5, 0.6) is 5.75 Å². The molecule has 0 spiro atoms. The first-order valence-corrected chi connectivity index (χ1v) is 9.50. The molecule has 0 aliphatic carbocycles. The highest BCUT2D eigenvalue weighted by Crippen LogP contribution is 2.42. The quantitative estimate of drug-likeness (QED) is 0.620. The van der Waals surface area contributed by atoms with Crippen molar-refractivity contribution in [3.63, 3.8) is 0 Å². The fourth-order valence-electron chi connectivity index (χ4n) is 3.84. The van der Waals surface area contributed by atoms with Crippen LogP contribution in [0.1, 0.15) is 22.6 Å². The van der Waals surface area contributed by atoms with Crippen molar-refractivity contribution in [1.82, 2.24) is 5.01 Å². The summed E-state index contributed by atoms with van der Waals surface area (Å²) in [7, 11) is 3.51. The van der Waals surface area contributed by atoms with E-state index in [0.717, 1.165) is 22.4 Å². The number of anilines is 1. The van der Waals surface area contributed by atoms with Crippen LogP contribution in [0.15, 0.2) is 72.8 Å². The summed E-state index contributed by atoms with van der Waals surface area (Å²) in [5, 5.41) is 4.23. The minimum atomic E-state index is -0.305. The largest absolute Gasteiger partial charge is 0.495 e. The van der Waals surface area contributed by atoms with Crippen LogP contribution in [-0.4, -0.2) is 25.1 Å². The number of hydrogen-bond acceptors (Lipinski definition) is 3. The molecular formula is C23H21ClN2O2. The molecule has 5 heteroatoms. The van der Waals surface area contributed by atoms with Crippen LogP contribution >= 0.6 is 11.6 Å². The van der Waals surface area contributed by atoms with Crippen molar-refractivity contribution >= 4 is 23.2 Å². The zero-order chi connectivity index (χ0) is 19.7. The predicted molar refractivity (Wildman–Crippen MR) is 112 cm³/mol. The van der Waals surface area contributed by atoms with Crippen LogP contribution in [0.3, 0.4) is 0 Å². The second-order valence-electron chi connectivity index (χ2n) is 6.80. The van der Waals surface area contributed by atoms with Crippen LogP contribution in [0.2, 0.25) is 5.02 Å². The number of methoxy groups -OCH3 is 1. The summed E-state index contributed by atoms with van der Waals surface area (Å²) in [6.45, 7) is 0.491. The van der Waals surface area contributed by atoms with E-state index in [2.05, 4.69) is 0 Å². The molecule has 0 fully saturated rings. The van der Waals surface area contributed by atoms with Crippen molar-refractivity contribution in [3.05, 3.63) is 94.5 Å². The number of carbonyl (C=O) groups is 1. The standard InChI is InChI=1S/C23H21ClN2O2/c1-25(15-17-11-8-13-19(24)22(17)28-2)26-20-14-7-6-12-18(20)21(23(26)27)16-9-4-3-5-10-16/h3-14,21H,15H2,1-2H3. The summed E-state index contributed by atoms with van der Waals surface area (Å²) >= 11 is 6.26. The molecule has 4 nitrogen and oxygen atoms in total. The number of hydrazine groups is 1. The van der Waals surface area contributed by atoms with Gasteiger partial charge in [-0.25, -0.2) is 10.0 Å². The first kappa shape index (κ1) is 18.5. The Morgan fingerprint density at radius 2 is 1.71 bits per heavy atom. The van der Waals surface area contributed by atoms with Gasteiger partial charge in [0.1, 0.15) is 5.75 Å². The summed E-state index contributed by atoms with van der Waals surface area (Å²) < 4.78 is 5.46. The highest BCUT2D eigenvalue weighted by atomic mass is 35.5. The van der Waals surface area contributed by atoms with Gasteiger partial charge in [0, 0.05) is 19.2 Å². The molecule has 1 unspecified atom stereocenters. The van der Waals surface area contributed by atoms with Gasteiger partial charge in [0.25, 0.3) is 5.91 Å². The molecule has 3 aromatic rings. The molecule has 1 aliphatic heterocycles. The van der Waals surface area contributed by atoms with Crippen LogP contribution in [-0.2, 0) is 11.3 Å². The third-order valence-corrected chi connectivity index (χ3v) is 5.36. The van der Waals surface area contributed by atoms with Crippen molar-refractivity contribution in [2.45, 2.75) is 12.5 Å². The molecule has 0 saturated carbocycles. The third-order valence-electron chi connectivity index (χ3n) is 5.06. The molecule has 0 radical (unpaired) electrons. The Morgan fingerprint density at radius 3 is 2.46 bits per heavy atom. The monoisotopic (exact) mass is 392 g/mol. The van der Waals surface area contributed by atoms with Crippen molar-refractivity contribution in [1.29, 1.82) is 0 Å². The van der Waals surface area contributed by atoms with Gasteiger partial charge in [-0.05, 0) is 23.3 Å². The van der Waals surface area contributed by atoms with E-state index in [0.29, 0.717) is 17.3 Å². The summed E-state index contributed by atoms with van der Waals surface area (Å²) in [5.41, 5.74) is 3.84. The molecule has 142 valence electrons. The first-order valence-electron chi connectivity index (χ1n) is 9.12. The Labute approximate surface area is 169 Å². The number of nitrogens with zero attached hydrogens (tertiary/aromatic N) is 2. The summed E-state index contributed by atoms with van der Waals surface area (Å²) in [6, 6.07) is 23.5. The van der Waals surface area contributed by atoms with Gasteiger partial charge in [0.2, 0.25) is 0 Å². The van der Waals surface area contributed by atoms with Gasteiger partial charge < -0.3 is 4.74 Å². The number of carbonyl (C=O) groups excluding carboxylic acids is 1. The SMILES string of the molecule is COc1c(Cl)cccc1CN(C)N1C(=O)C(c2ccccc2)c2ccccc21. The number of hydrogen-bond donors (Lipinski definition) is 0. The van der Waals surface area contributed by atoms with Gasteiger partial charge in [-0.3, -0.25) is 4.79 Å². The second kappa shape index (κ2) is 7.66. The number of para-hydroxylation sites is 2. The number of benzene rings is 3. The molecule has 28 heavy (non-hydrogen) atoms. The Kier molecular flexibility index (Phi) is 5.07. The molecule has 3 aromatic carbocycles. The zero-order valence-electron chi connectivity index (χ0n) is 15.8. The van der Waals surface area contributed by atoms with Gasteiger partial charge >= 0.3 is 0 Å². The molecule has 0 bridgehead atoms. The van der Waals surface area contributed by atoms with E-state index < -0.39 is 0 Å². The lowest BCUT2D eigenvalue weighted by Gasteiger charge is -2.29. The Hall–Kier alpha value is -2.82. The maximum Gasteiger partial charge on any atom is 0.253 e. The van der Waals surface area contributed by atoms with Gasteiger partial charge in [0.05, 0.1) is 23.7 Å². The van der Waals surface area contributed by atoms with Gasteiger partial charge in [-0.15, -0.1) is 0 Å². The van der Waals surface area contributed by atoms with Crippen molar-refractivity contribution in [3.8, 4) is 5.75 Å². The molecule has 4 rings (SSSR count). The molecule has 1 aliphatic rings. The van der Waals surface area contributed by atoms with Gasteiger partial charge in [-0.2, -0.15) is 0 Å². The van der Waals surface area contributed by atoms with Crippen molar-refractivity contribution in [2.24, 2.45) is 0 Å². The van der Waals surface area contributed by atoms with E-state index in [1.807, 2.05) is 78.8 Å². The van der Waals surface area contributed by atoms with E-state index in [1.165, 1.54) is 0 Å². The Balaban J connectivity index is 1.70. The Bertz CT molecular complexity index is 1010. The highest BCUT2D eigenvalue weighted by molar-refractivity contribution is 6.32. The average molecular weight is 393 g/mol. The molecule has 0 saturated heterocycles. The zero-order valence-corrected chi connectivity index (χ0v) is 16.6. The number of ether oxygens (including phenoxy) is 1. The van der Waals surface area contributed by atoms with E-state index in [1.54, 1.807) is 18.2 Å². The van der Waals surface area contributed by atoms with Crippen molar-refractivity contribution < 1.29 is 9.53 Å². The number of fused-ring (bicyclic) bond motifs is 1. The molecular weight excluding hydrogens is 372 g/mol. The maximum absolute atomic E-state index is 13.4. The lowest BCUT2D eigenvalue weighted by Crippen LogP contribution is -2.42. The summed E-state index contributed by atoms with van der Waals surface area (Å²) in [5.74, 6) is 0.368. The minimum absolute atomic E-state index is 0.0379. The van der Waals surface area contributed by atoms with Crippen LogP contribution < -0.4 is 9.75 Å². The number of amides is 1. The average Bonchev–Trinajstić information content (AvgIpc) is 3.00. The van der Waals surface area contributed by atoms with Crippen LogP contribution in [0.4, 0.5) is 5.69 Å².